The van der Waals surface area contributed by atoms with E-state index >= 15 is 0 Å². The topological polar surface area (TPSA) is 49.8 Å². The van der Waals surface area contributed by atoms with Gasteiger partial charge in [-0.15, -0.1) is 0 Å². The number of hydrogen-bond acceptors (Lipinski definition) is 4. The van der Waals surface area contributed by atoms with Crippen molar-refractivity contribution in [1.82, 2.24) is 9.97 Å². The molecule has 0 unspecified atom stereocenters. The highest BCUT2D eigenvalue weighted by atomic mass is 35.5. The summed E-state index contributed by atoms with van der Waals surface area (Å²) in [4.78, 5) is 8.54. The van der Waals surface area contributed by atoms with Crippen LogP contribution in [0.1, 0.15) is 16.7 Å². The molecule has 0 saturated carbocycles. The van der Waals surface area contributed by atoms with Crippen molar-refractivity contribution in [3.05, 3.63) is 82.6 Å². The summed E-state index contributed by atoms with van der Waals surface area (Å²) in [5.74, 6) is 1.62. The first kappa shape index (κ1) is 17.2. The molecular weight excluding hydrogens is 332 g/mol. The SMILES string of the molecule is Cc1ccc(CNc2cc(NCCc3cccc(Cl)c3)ncn2)cc1. The maximum atomic E-state index is 6.01. The van der Waals surface area contributed by atoms with Crippen LogP contribution in [0.4, 0.5) is 11.6 Å². The number of nitrogens with one attached hydrogen (secondary N) is 2. The Morgan fingerprint density at radius 2 is 1.64 bits per heavy atom. The van der Waals surface area contributed by atoms with Crippen LogP contribution < -0.4 is 10.6 Å². The van der Waals surface area contributed by atoms with E-state index in [2.05, 4.69) is 57.9 Å². The van der Waals surface area contributed by atoms with Crippen molar-refractivity contribution >= 4 is 23.2 Å². The highest BCUT2D eigenvalue weighted by Crippen LogP contribution is 2.13. The van der Waals surface area contributed by atoms with Crippen molar-refractivity contribution in [1.29, 1.82) is 0 Å². The summed E-state index contributed by atoms with van der Waals surface area (Å²) in [6, 6.07) is 18.3. The van der Waals surface area contributed by atoms with Crippen LogP contribution in [-0.4, -0.2) is 16.5 Å². The van der Waals surface area contributed by atoms with Gasteiger partial charge in [-0.1, -0.05) is 53.6 Å². The molecule has 1 heterocycles. The van der Waals surface area contributed by atoms with Crippen molar-refractivity contribution < 1.29 is 0 Å². The van der Waals surface area contributed by atoms with Crippen molar-refractivity contribution in [2.45, 2.75) is 19.9 Å². The molecule has 2 N–H and O–H groups in total. The minimum absolute atomic E-state index is 0.735. The van der Waals surface area contributed by atoms with Crippen molar-refractivity contribution in [2.75, 3.05) is 17.2 Å². The van der Waals surface area contributed by atoms with Gasteiger partial charge in [0.25, 0.3) is 0 Å². The molecule has 0 aliphatic rings. The van der Waals surface area contributed by atoms with Crippen LogP contribution in [0.5, 0.6) is 0 Å². The summed E-state index contributed by atoms with van der Waals surface area (Å²) in [7, 11) is 0. The molecule has 0 aliphatic heterocycles. The van der Waals surface area contributed by atoms with E-state index in [1.54, 1.807) is 6.33 Å². The molecule has 0 spiro atoms. The fourth-order valence-corrected chi connectivity index (χ4v) is 2.69. The second-order valence-corrected chi connectivity index (χ2v) is 6.37. The first-order valence-electron chi connectivity index (χ1n) is 8.29. The highest BCUT2D eigenvalue weighted by Gasteiger charge is 2.00. The first-order valence-corrected chi connectivity index (χ1v) is 8.66. The number of hydrogen-bond donors (Lipinski definition) is 2. The fourth-order valence-electron chi connectivity index (χ4n) is 2.48. The lowest BCUT2D eigenvalue weighted by Crippen LogP contribution is -2.08. The van der Waals surface area contributed by atoms with Gasteiger partial charge in [0.05, 0.1) is 0 Å². The Morgan fingerprint density at radius 3 is 2.40 bits per heavy atom. The molecule has 5 heteroatoms. The minimum atomic E-state index is 0.735. The summed E-state index contributed by atoms with van der Waals surface area (Å²) in [6.45, 7) is 3.61. The van der Waals surface area contributed by atoms with E-state index in [9.17, 15) is 0 Å². The smallest absolute Gasteiger partial charge is 0.131 e. The zero-order chi connectivity index (χ0) is 17.5. The molecule has 3 aromatic rings. The Morgan fingerprint density at radius 1 is 0.880 bits per heavy atom. The molecule has 0 aliphatic carbocycles. The van der Waals surface area contributed by atoms with Gasteiger partial charge >= 0.3 is 0 Å². The van der Waals surface area contributed by atoms with Crippen LogP contribution in [0.25, 0.3) is 0 Å². The van der Waals surface area contributed by atoms with Gasteiger partial charge in [-0.2, -0.15) is 0 Å². The Hall–Kier alpha value is -2.59. The van der Waals surface area contributed by atoms with Gasteiger partial charge in [-0.05, 0) is 36.6 Å². The van der Waals surface area contributed by atoms with E-state index < -0.39 is 0 Å². The van der Waals surface area contributed by atoms with Crippen LogP contribution >= 0.6 is 11.6 Å². The molecule has 0 amide bonds. The van der Waals surface area contributed by atoms with E-state index in [1.807, 2.05) is 24.3 Å². The lowest BCUT2D eigenvalue weighted by Gasteiger charge is -2.09. The van der Waals surface area contributed by atoms with E-state index in [0.717, 1.165) is 36.2 Å². The fraction of sp³-hybridized carbons (Fsp3) is 0.200. The first-order chi connectivity index (χ1) is 12.2. The Balaban J connectivity index is 1.51. The van der Waals surface area contributed by atoms with Gasteiger partial charge in [-0.3, -0.25) is 0 Å². The molecule has 1 aromatic heterocycles. The second-order valence-electron chi connectivity index (χ2n) is 5.93. The lowest BCUT2D eigenvalue weighted by molar-refractivity contribution is 0.996. The third-order valence-corrected chi connectivity index (χ3v) is 4.11. The third kappa shape index (κ3) is 5.47. The molecule has 0 fully saturated rings. The average molecular weight is 353 g/mol. The van der Waals surface area contributed by atoms with Gasteiger partial charge in [0.15, 0.2) is 0 Å². The minimum Gasteiger partial charge on any atom is -0.370 e. The Kier molecular flexibility index (Phi) is 5.86. The maximum Gasteiger partial charge on any atom is 0.131 e. The van der Waals surface area contributed by atoms with Crippen molar-refractivity contribution in [3.63, 3.8) is 0 Å². The van der Waals surface area contributed by atoms with E-state index in [0.29, 0.717) is 0 Å². The standard InChI is InChI=1S/C20H21ClN4/c1-15-5-7-17(8-6-15)13-23-20-12-19(24-14-25-20)22-10-9-16-3-2-4-18(21)11-16/h2-8,11-12,14H,9-10,13H2,1H3,(H2,22,23,24,25). The lowest BCUT2D eigenvalue weighted by atomic mass is 10.1. The zero-order valence-corrected chi connectivity index (χ0v) is 14.9. The van der Waals surface area contributed by atoms with Crippen molar-refractivity contribution in [3.8, 4) is 0 Å². The monoisotopic (exact) mass is 352 g/mol. The second kappa shape index (κ2) is 8.49. The number of anilines is 2. The quantitative estimate of drug-likeness (QED) is 0.646. The normalized spacial score (nSPS) is 10.5. The summed E-state index contributed by atoms with van der Waals surface area (Å²) in [5, 5.41) is 7.42. The predicted octanol–water partition coefficient (Wildman–Crippen LogP) is 4.71. The Labute approximate surface area is 153 Å². The van der Waals surface area contributed by atoms with Crippen LogP contribution in [0.15, 0.2) is 60.9 Å². The third-order valence-electron chi connectivity index (χ3n) is 3.87. The molecule has 4 nitrogen and oxygen atoms in total. The number of halogens is 1. The summed E-state index contributed by atoms with van der Waals surface area (Å²) in [6.07, 6.45) is 2.45. The van der Waals surface area contributed by atoms with Crippen LogP contribution in [0, 0.1) is 6.92 Å². The molecule has 0 saturated heterocycles. The average Bonchev–Trinajstić information content (AvgIpc) is 2.62. The molecule has 3 rings (SSSR count). The van der Waals surface area contributed by atoms with E-state index in [1.165, 1.54) is 16.7 Å². The largest absolute Gasteiger partial charge is 0.370 e. The molecule has 0 bridgehead atoms. The number of aromatic nitrogens is 2. The molecule has 0 radical (unpaired) electrons. The van der Waals surface area contributed by atoms with Gasteiger partial charge in [0.2, 0.25) is 0 Å². The Bertz CT molecular complexity index is 818. The molecule has 128 valence electrons. The van der Waals surface area contributed by atoms with E-state index in [-0.39, 0.29) is 0 Å². The number of nitrogens with zero attached hydrogens (tertiary/aromatic N) is 2. The summed E-state index contributed by atoms with van der Waals surface area (Å²) < 4.78 is 0. The van der Waals surface area contributed by atoms with Gasteiger partial charge in [-0.25, -0.2) is 9.97 Å². The highest BCUT2D eigenvalue weighted by molar-refractivity contribution is 6.30. The summed E-state index contributed by atoms with van der Waals surface area (Å²) >= 11 is 6.01. The zero-order valence-electron chi connectivity index (χ0n) is 14.2. The van der Waals surface area contributed by atoms with Crippen LogP contribution in [-0.2, 0) is 13.0 Å². The molecule has 0 atom stereocenters. The molecule has 2 aromatic carbocycles. The number of benzene rings is 2. The maximum absolute atomic E-state index is 6.01. The number of aryl methyl sites for hydroxylation is 1. The van der Waals surface area contributed by atoms with Crippen LogP contribution in [0.2, 0.25) is 5.02 Å². The predicted molar refractivity (Wildman–Crippen MR) is 104 cm³/mol. The molecule has 25 heavy (non-hydrogen) atoms. The van der Waals surface area contributed by atoms with Gasteiger partial charge in [0.1, 0.15) is 18.0 Å². The van der Waals surface area contributed by atoms with Gasteiger partial charge < -0.3 is 10.6 Å². The number of rotatable bonds is 7. The van der Waals surface area contributed by atoms with Gasteiger partial charge in [0, 0.05) is 24.2 Å². The van der Waals surface area contributed by atoms with Crippen LogP contribution in [0.3, 0.4) is 0 Å². The summed E-state index contributed by atoms with van der Waals surface area (Å²) in [5.41, 5.74) is 3.68. The van der Waals surface area contributed by atoms with Crippen molar-refractivity contribution in [2.24, 2.45) is 0 Å². The molecular formula is C20H21ClN4. The van der Waals surface area contributed by atoms with E-state index in [4.69, 9.17) is 11.6 Å².